The van der Waals surface area contributed by atoms with Crippen LogP contribution in [0.1, 0.15) is 30.9 Å². The van der Waals surface area contributed by atoms with Gasteiger partial charge in [0.1, 0.15) is 0 Å². The van der Waals surface area contributed by atoms with E-state index in [-0.39, 0.29) is 18.3 Å². The molecule has 0 aromatic heterocycles. The van der Waals surface area contributed by atoms with Crippen LogP contribution in [0.15, 0.2) is 60.7 Å². The van der Waals surface area contributed by atoms with Crippen molar-refractivity contribution in [2.24, 2.45) is 17.1 Å². The molecule has 26 heavy (non-hydrogen) atoms. The second-order valence-electron chi connectivity index (χ2n) is 7.77. The summed E-state index contributed by atoms with van der Waals surface area (Å²) < 4.78 is 0. The van der Waals surface area contributed by atoms with Gasteiger partial charge in [-0.05, 0) is 30.0 Å². The maximum atomic E-state index is 13.2. The largest absolute Gasteiger partial charge is 0.341 e. The van der Waals surface area contributed by atoms with Gasteiger partial charge in [-0.2, -0.15) is 0 Å². The molecular weight excluding hydrogens is 344 g/mol. The van der Waals surface area contributed by atoms with Crippen molar-refractivity contribution in [1.82, 2.24) is 4.90 Å². The Hall–Kier alpha value is -1.84. The molecule has 0 unspecified atom stereocenters. The number of benzene rings is 2. The zero-order valence-electron chi connectivity index (χ0n) is 15.6. The number of likely N-dealkylation sites (tertiary alicyclic amines) is 1. The molecule has 1 aliphatic rings. The van der Waals surface area contributed by atoms with E-state index in [1.807, 2.05) is 29.2 Å². The van der Waals surface area contributed by atoms with Crippen molar-refractivity contribution in [2.45, 2.75) is 26.2 Å². The molecule has 4 heteroatoms. The third-order valence-electron chi connectivity index (χ3n) is 5.33. The minimum Gasteiger partial charge on any atom is -0.341 e. The van der Waals surface area contributed by atoms with E-state index in [4.69, 9.17) is 5.73 Å². The van der Waals surface area contributed by atoms with Crippen LogP contribution in [0.25, 0.3) is 0 Å². The fourth-order valence-electron chi connectivity index (χ4n) is 3.96. The first-order valence-electron chi connectivity index (χ1n) is 9.09. The fraction of sp³-hybridized carbons (Fsp3) is 0.409. The second-order valence-corrected chi connectivity index (χ2v) is 7.77. The molecule has 1 saturated heterocycles. The first-order chi connectivity index (χ1) is 12.0. The number of rotatable bonds is 5. The molecule has 0 saturated carbocycles. The molecular formula is C22H29ClN2O. The zero-order chi connectivity index (χ0) is 17.9. The van der Waals surface area contributed by atoms with Crippen LogP contribution in [0, 0.1) is 11.3 Å². The molecule has 3 nitrogen and oxygen atoms in total. The Balaban J connectivity index is 0.00000243. The Morgan fingerprint density at radius 2 is 1.62 bits per heavy atom. The molecule has 1 amide bonds. The van der Waals surface area contributed by atoms with Gasteiger partial charge in [-0.3, -0.25) is 4.79 Å². The first-order valence-corrected chi connectivity index (χ1v) is 9.09. The molecule has 2 aromatic rings. The van der Waals surface area contributed by atoms with Gasteiger partial charge in [0.2, 0.25) is 5.91 Å². The summed E-state index contributed by atoms with van der Waals surface area (Å²) in [5, 5.41) is 0. The molecule has 3 rings (SSSR count). The lowest BCUT2D eigenvalue weighted by Gasteiger charge is -2.29. The van der Waals surface area contributed by atoms with Gasteiger partial charge < -0.3 is 10.6 Å². The molecule has 2 N–H and O–H groups in total. The first kappa shape index (κ1) is 20.5. The van der Waals surface area contributed by atoms with Crippen LogP contribution in [-0.4, -0.2) is 30.4 Å². The molecule has 140 valence electrons. The van der Waals surface area contributed by atoms with E-state index in [0.29, 0.717) is 18.4 Å². The van der Waals surface area contributed by atoms with Crippen molar-refractivity contribution in [1.29, 1.82) is 0 Å². The number of amides is 1. The number of nitrogens with zero attached hydrogens (tertiary/aromatic N) is 1. The summed E-state index contributed by atoms with van der Waals surface area (Å²) in [5.74, 6) is 0.898. The number of hydrogen-bond acceptors (Lipinski definition) is 2. The van der Waals surface area contributed by atoms with Crippen molar-refractivity contribution in [2.75, 3.05) is 19.6 Å². The maximum Gasteiger partial charge on any atom is 0.228 e. The fourth-order valence-corrected chi connectivity index (χ4v) is 3.96. The topological polar surface area (TPSA) is 46.3 Å². The van der Waals surface area contributed by atoms with E-state index in [1.165, 1.54) is 11.1 Å². The Morgan fingerprint density at radius 1 is 1.04 bits per heavy atom. The molecule has 1 fully saturated rings. The highest BCUT2D eigenvalue weighted by molar-refractivity contribution is 5.85. The van der Waals surface area contributed by atoms with Crippen LogP contribution >= 0.6 is 12.4 Å². The number of halogens is 1. The van der Waals surface area contributed by atoms with Crippen LogP contribution in [-0.2, 0) is 11.2 Å². The standard InChI is InChI=1S/C22H28N2O.ClH/c1-22(2,13-17-9-5-3-6-10-17)21(25)24-15-19(14-23)20(16-24)18-11-7-4-8-12-18;/h3-12,19-20H,13-16,23H2,1-2H3;1H/t19-,20+;/m1./s1. The van der Waals surface area contributed by atoms with Crippen molar-refractivity contribution in [3.05, 3.63) is 71.8 Å². The lowest BCUT2D eigenvalue weighted by Crippen LogP contribution is -2.41. The normalized spacial score (nSPS) is 19.9. The highest BCUT2D eigenvalue weighted by atomic mass is 35.5. The highest BCUT2D eigenvalue weighted by Gasteiger charge is 2.40. The number of carbonyl (C=O) groups is 1. The Morgan fingerprint density at radius 3 is 2.19 bits per heavy atom. The molecule has 0 bridgehead atoms. The van der Waals surface area contributed by atoms with Gasteiger partial charge in [-0.15, -0.1) is 12.4 Å². The van der Waals surface area contributed by atoms with Gasteiger partial charge >= 0.3 is 0 Å². The lowest BCUT2D eigenvalue weighted by molar-refractivity contribution is -0.139. The molecule has 1 heterocycles. The molecule has 2 aromatic carbocycles. The predicted octanol–water partition coefficient (Wildman–Crippen LogP) is 3.88. The van der Waals surface area contributed by atoms with Gasteiger partial charge in [-0.25, -0.2) is 0 Å². The van der Waals surface area contributed by atoms with Gasteiger partial charge in [0.25, 0.3) is 0 Å². The average Bonchev–Trinajstić information content (AvgIpc) is 3.06. The van der Waals surface area contributed by atoms with Gasteiger partial charge in [0.15, 0.2) is 0 Å². The second kappa shape index (κ2) is 8.70. The molecule has 0 aliphatic carbocycles. The van der Waals surface area contributed by atoms with E-state index in [9.17, 15) is 4.79 Å². The van der Waals surface area contributed by atoms with E-state index in [1.54, 1.807) is 0 Å². The number of hydrogen-bond donors (Lipinski definition) is 1. The smallest absolute Gasteiger partial charge is 0.228 e. The van der Waals surface area contributed by atoms with Crippen LogP contribution in [0.4, 0.5) is 0 Å². The van der Waals surface area contributed by atoms with E-state index in [2.05, 4.69) is 50.2 Å². The van der Waals surface area contributed by atoms with Crippen molar-refractivity contribution < 1.29 is 4.79 Å². The lowest BCUT2D eigenvalue weighted by atomic mass is 9.84. The summed E-state index contributed by atoms with van der Waals surface area (Å²) in [6.45, 7) is 6.24. The van der Waals surface area contributed by atoms with Crippen molar-refractivity contribution in [3.8, 4) is 0 Å². The Bertz CT molecular complexity index is 703. The summed E-state index contributed by atoms with van der Waals surface area (Å²) in [7, 11) is 0. The maximum absolute atomic E-state index is 13.2. The quantitative estimate of drug-likeness (QED) is 0.865. The van der Waals surface area contributed by atoms with Crippen LogP contribution in [0.5, 0.6) is 0 Å². The number of nitrogens with two attached hydrogens (primary N) is 1. The summed E-state index contributed by atoms with van der Waals surface area (Å²) in [5.41, 5.74) is 8.10. The summed E-state index contributed by atoms with van der Waals surface area (Å²) in [6.07, 6.45) is 0.756. The Labute approximate surface area is 163 Å². The predicted molar refractivity (Wildman–Crippen MR) is 109 cm³/mol. The van der Waals surface area contributed by atoms with E-state index in [0.717, 1.165) is 19.5 Å². The SMILES string of the molecule is CC(C)(Cc1ccccc1)C(=O)N1C[C@@H](CN)[C@H](c2ccccc2)C1.Cl. The van der Waals surface area contributed by atoms with E-state index >= 15 is 0 Å². The monoisotopic (exact) mass is 372 g/mol. The van der Waals surface area contributed by atoms with Crippen molar-refractivity contribution in [3.63, 3.8) is 0 Å². The van der Waals surface area contributed by atoms with Crippen molar-refractivity contribution >= 4 is 18.3 Å². The summed E-state index contributed by atoms with van der Waals surface area (Å²) >= 11 is 0. The molecule has 0 radical (unpaired) electrons. The highest BCUT2D eigenvalue weighted by Crippen LogP contribution is 2.35. The minimum absolute atomic E-state index is 0. The minimum atomic E-state index is -0.411. The summed E-state index contributed by atoms with van der Waals surface area (Å²) in [6, 6.07) is 20.7. The van der Waals surface area contributed by atoms with Crippen LogP contribution < -0.4 is 5.73 Å². The molecule has 1 aliphatic heterocycles. The van der Waals surface area contributed by atoms with Gasteiger partial charge in [0, 0.05) is 24.4 Å². The van der Waals surface area contributed by atoms with Crippen LogP contribution in [0.3, 0.4) is 0 Å². The van der Waals surface area contributed by atoms with Gasteiger partial charge in [0.05, 0.1) is 0 Å². The third-order valence-corrected chi connectivity index (χ3v) is 5.33. The average molecular weight is 373 g/mol. The number of carbonyl (C=O) groups excluding carboxylic acids is 1. The molecule has 2 atom stereocenters. The van der Waals surface area contributed by atoms with Gasteiger partial charge in [-0.1, -0.05) is 74.5 Å². The molecule has 0 spiro atoms. The zero-order valence-corrected chi connectivity index (χ0v) is 16.4. The van der Waals surface area contributed by atoms with E-state index < -0.39 is 5.41 Å². The Kier molecular flexibility index (Phi) is 6.85. The summed E-state index contributed by atoms with van der Waals surface area (Å²) in [4.78, 5) is 15.2. The third kappa shape index (κ3) is 4.46. The van der Waals surface area contributed by atoms with Crippen LogP contribution in [0.2, 0.25) is 0 Å².